The summed E-state index contributed by atoms with van der Waals surface area (Å²) in [5.41, 5.74) is 6.62. The summed E-state index contributed by atoms with van der Waals surface area (Å²) < 4.78 is 11.0. The number of nitrogens with two attached hydrogens (primary N) is 1. The number of rotatable bonds is 7. The minimum atomic E-state index is -0.491. The number of para-hydroxylation sites is 1. The van der Waals surface area contributed by atoms with Gasteiger partial charge in [0.05, 0.1) is 18.6 Å². The Morgan fingerprint density at radius 3 is 2.50 bits per heavy atom. The van der Waals surface area contributed by atoms with Crippen LogP contribution in [0.5, 0.6) is 5.75 Å². The topological polar surface area (TPSA) is 76.8 Å². The van der Waals surface area contributed by atoms with Crippen LogP contribution in [0.3, 0.4) is 0 Å². The lowest BCUT2D eigenvalue weighted by atomic mass is 9.79. The fourth-order valence-electron chi connectivity index (χ4n) is 4.09. The minimum Gasteiger partial charge on any atom is -0.496 e. The number of amides is 1. The van der Waals surface area contributed by atoms with Gasteiger partial charge in [-0.15, -0.1) is 24.8 Å². The molecule has 160 valence electrons. The molecule has 1 unspecified atom stereocenters. The number of nitrogens with zero attached hydrogens (tertiary/aromatic N) is 1. The summed E-state index contributed by atoms with van der Waals surface area (Å²) in [5.74, 6) is 0.931. The summed E-state index contributed by atoms with van der Waals surface area (Å²) in [6.45, 7) is 4.25. The summed E-state index contributed by atoms with van der Waals surface area (Å²) in [5, 5.41) is 3.20. The highest BCUT2D eigenvalue weighted by Crippen LogP contribution is 2.33. The van der Waals surface area contributed by atoms with Crippen molar-refractivity contribution < 1.29 is 14.3 Å². The van der Waals surface area contributed by atoms with Crippen LogP contribution in [0.2, 0.25) is 0 Å². The highest BCUT2D eigenvalue weighted by Gasteiger charge is 2.39. The molecule has 1 atom stereocenters. The molecule has 3 rings (SSSR count). The average Bonchev–Trinajstić information content (AvgIpc) is 3.23. The van der Waals surface area contributed by atoms with Gasteiger partial charge in [0.1, 0.15) is 5.75 Å². The number of halogens is 2. The third-order valence-electron chi connectivity index (χ3n) is 5.86. The maximum absolute atomic E-state index is 13.0. The number of hydrogen-bond acceptors (Lipinski definition) is 5. The fraction of sp³-hybridized carbons (Fsp3) is 0.650. The monoisotopic (exact) mass is 433 g/mol. The predicted octanol–water partition coefficient (Wildman–Crippen LogP) is 2.55. The van der Waals surface area contributed by atoms with Gasteiger partial charge in [0.2, 0.25) is 5.91 Å². The van der Waals surface area contributed by atoms with E-state index >= 15 is 0 Å². The van der Waals surface area contributed by atoms with Crippen molar-refractivity contribution in [3.8, 4) is 5.75 Å². The lowest BCUT2D eigenvalue weighted by molar-refractivity contribution is -0.136. The van der Waals surface area contributed by atoms with E-state index in [2.05, 4.69) is 16.3 Å². The van der Waals surface area contributed by atoms with Gasteiger partial charge in [-0.2, -0.15) is 0 Å². The molecule has 2 aliphatic rings. The maximum Gasteiger partial charge on any atom is 0.227 e. The maximum atomic E-state index is 13.0. The predicted molar refractivity (Wildman–Crippen MR) is 116 cm³/mol. The molecule has 0 spiro atoms. The van der Waals surface area contributed by atoms with Gasteiger partial charge in [0, 0.05) is 31.9 Å². The molecule has 1 aromatic carbocycles. The van der Waals surface area contributed by atoms with Crippen molar-refractivity contribution in [1.82, 2.24) is 10.2 Å². The van der Waals surface area contributed by atoms with Crippen LogP contribution in [0.4, 0.5) is 0 Å². The van der Waals surface area contributed by atoms with E-state index in [-0.39, 0.29) is 36.8 Å². The molecule has 0 saturated carbocycles. The van der Waals surface area contributed by atoms with Gasteiger partial charge in [-0.05, 0) is 44.8 Å². The molecule has 0 aliphatic carbocycles. The molecule has 3 N–H and O–H groups in total. The van der Waals surface area contributed by atoms with E-state index < -0.39 is 5.41 Å². The van der Waals surface area contributed by atoms with Crippen LogP contribution >= 0.6 is 24.8 Å². The number of methoxy groups -OCH3 is 1. The molecule has 1 aromatic rings. The van der Waals surface area contributed by atoms with Crippen LogP contribution in [0, 0.1) is 5.41 Å². The zero-order valence-electron chi connectivity index (χ0n) is 16.5. The van der Waals surface area contributed by atoms with Gasteiger partial charge in [0.25, 0.3) is 0 Å². The first kappa shape index (κ1) is 25.0. The Morgan fingerprint density at radius 1 is 1.25 bits per heavy atom. The zero-order valence-corrected chi connectivity index (χ0v) is 18.2. The van der Waals surface area contributed by atoms with Crippen molar-refractivity contribution in [3.05, 3.63) is 29.8 Å². The minimum absolute atomic E-state index is 0. The third kappa shape index (κ3) is 5.51. The van der Waals surface area contributed by atoms with Crippen molar-refractivity contribution in [2.45, 2.75) is 31.7 Å². The van der Waals surface area contributed by atoms with E-state index in [0.717, 1.165) is 24.4 Å². The van der Waals surface area contributed by atoms with Gasteiger partial charge < -0.3 is 20.5 Å². The highest BCUT2D eigenvalue weighted by atomic mass is 35.5. The zero-order chi connectivity index (χ0) is 18.4. The van der Waals surface area contributed by atoms with Crippen LogP contribution in [-0.2, 0) is 9.53 Å². The number of likely N-dealkylation sites (tertiary alicyclic amines) is 1. The molecule has 2 aliphatic heterocycles. The number of nitrogens with one attached hydrogen (secondary N) is 1. The number of hydrogen-bond donors (Lipinski definition) is 2. The normalized spacial score (nSPS) is 19.8. The van der Waals surface area contributed by atoms with Crippen LogP contribution < -0.4 is 15.8 Å². The third-order valence-corrected chi connectivity index (χ3v) is 5.86. The van der Waals surface area contributed by atoms with E-state index in [0.29, 0.717) is 39.1 Å². The van der Waals surface area contributed by atoms with Gasteiger partial charge in [-0.25, -0.2) is 0 Å². The number of benzene rings is 1. The first-order valence-corrected chi connectivity index (χ1v) is 9.63. The Kier molecular flexibility index (Phi) is 10.6. The summed E-state index contributed by atoms with van der Waals surface area (Å²) in [4.78, 5) is 15.4. The fourth-order valence-corrected chi connectivity index (χ4v) is 4.09. The molecule has 0 aromatic heterocycles. The largest absolute Gasteiger partial charge is 0.496 e. The molecular formula is C20H33Cl2N3O3. The Hall–Kier alpha value is -1.05. The summed E-state index contributed by atoms with van der Waals surface area (Å²) >= 11 is 0. The Labute approximate surface area is 180 Å². The Bertz CT molecular complexity index is 606. The van der Waals surface area contributed by atoms with Crippen LogP contribution in [0.25, 0.3) is 0 Å². The first-order valence-electron chi connectivity index (χ1n) is 9.63. The van der Waals surface area contributed by atoms with Gasteiger partial charge >= 0.3 is 0 Å². The lowest BCUT2D eigenvalue weighted by Crippen LogP contribution is -2.50. The molecule has 2 fully saturated rings. The molecule has 6 nitrogen and oxygen atoms in total. The van der Waals surface area contributed by atoms with Gasteiger partial charge in [-0.1, -0.05) is 18.2 Å². The van der Waals surface area contributed by atoms with Crippen molar-refractivity contribution in [3.63, 3.8) is 0 Å². The lowest BCUT2D eigenvalue weighted by Gasteiger charge is -2.36. The van der Waals surface area contributed by atoms with Crippen LogP contribution in [0.1, 0.15) is 37.3 Å². The molecule has 0 radical (unpaired) electrons. The number of carbonyl (C=O) groups excluding carboxylic acids is 1. The number of carbonyl (C=O) groups is 1. The van der Waals surface area contributed by atoms with Crippen molar-refractivity contribution in [1.29, 1.82) is 0 Å². The molecular weight excluding hydrogens is 401 g/mol. The summed E-state index contributed by atoms with van der Waals surface area (Å²) in [7, 11) is 1.70. The summed E-state index contributed by atoms with van der Waals surface area (Å²) in [6.07, 6.45) is 3.78. The van der Waals surface area contributed by atoms with Gasteiger partial charge in [-0.3, -0.25) is 9.69 Å². The van der Waals surface area contributed by atoms with Crippen molar-refractivity contribution >= 4 is 30.7 Å². The summed E-state index contributed by atoms with van der Waals surface area (Å²) in [6, 6.07) is 8.21. The molecule has 28 heavy (non-hydrogen) atoms. The van der Waals surface area contributed by atoms with Crippen LogP contribution in [0.15, 0.2) is 24.3 Å². The van der Waals surface area contributed by atoms with Crippen molar-refractivity contribution in [2.75, 3.05) is 46.5 Å². The first-order chi connectivity index (χ1) is 12.7. The van der Waals surface area contributed by atoms with E-state index in [1.165, 1.54) is 12.8 Å². The Morgan fingerprint density at radius 2 is 1.89 bits per heavy atom. The molecule has 1 amide bonds. The molecule has 2 heterocycles. The van der Waals surface area contributed by atoms with E-state index in [1.807, 2.05) is 18.2 Å². The van der Waals surface area contributed by atoms with Gasteiger partial charge in [0.15, 0.2) is 0 Å². The second-order valence-electron chi connectivity index (χ2n) is 7.31. The second kappa shape index (κ2) is 11.8. The van der Waals surface area contributed by atoms with E-state index in [1.54, 1.807) is 7.11 Å². The highest BCUT2D eigenvalue weighted by molar-refractivity contribution is 5.85. The van der Waals surface area contributed by atoms with Crippen LogP contribution in [-0.4, -0.2) is 57.3 Å². The van der Waals surface area contributed by atoms with Crippen molar-refractivity contribution in [2.24, 2.45) is 11.1 Å². The quantitative estimate of drug-likeness (QED) is 0.690. The van der Waals surface area contributed by atoms with E-state index in [9.17, 15) is 4.79 Å². The molecule has 2 saturated heterocycles. The smallest absolute Gasteiger partial charge is 0.227 e. The average molecular weight is 434 g/mol. The Balaban J connectivity index is 0.00000196. The second-order valence-corrected chi connectivity index (χ2v) is 7.31. The molecule has 0 bridgehead atoms. The standard InChI is InChI=1S/C20H31N3O3.2ClH/c1-25-18-7-3-2-6-16(18)17(23-10-4-5-11-23)14-22-19(24)20(15-21)8-12-26-13-9-20;;/h2-3,6-7,17H,4-5,8-15,21H2,1H3,(H,22,24);2*1H. The number of ether oxygens (including phenoxy) is 2. The van der Waals surface area contributed by atoms with E-state index in [4.69, 9.17) is 15.2 Å². The SMILES string of the molecule is COc1ccccc1C(CNC(=O)C1(CN)CCOCC1)N1CCCC1.Cl.Cl. The molecule has 8 heteroatoms.